The Kier molecular flexibility index (Phi) is 3.30. The largest absolute Gasteiger partial charge is 0.504 e. The lowest BCUT2D eigenvalue weighted by molar-refractivity contribution is -0.207. The van der Waals surface area contributed by atoms with Gasteiger partial charge in [0.2, 0.25) is 0 Å². The van der Waals surface area contributed by atoms with Crippen LogP contribution in [0.4, 0.5) is 0 Å². The Hall–Kier alpha value is -1.26. The minimum Gasteiger partial charge on any atom is -0.504 e. The van der Waals surface area contributed by atoms with Gasteiger partial charge in [0.05, 0.1) is 12.7 Å². The number of benzene rings is 1. The summed E-state index contributed by atoms with van der Waals surface area (Å²) in [5, 5.41) is 32.6. The normalized spacial score (nSPS) is 36.5. The molecule has 2 fully saturated rings. The first-order chi connectivity index (χ1) is 11.2. The molecule has 4 unspecified atom stereocenters. The minimum atomic E-state index is -0.564. The van der Waals surface area contributed by atoms with Crippen molar-refractivity contribution in [2.75, 3.05) is 6.61 Å². The van der Waals surface area contributed by atoms with Crippen LogP contribution in [0.3, 0.4) is 0 Å². The van der Waals surface area contributed by atoms with Gasteiger partial charge in [0, 0.05) is 22.5 Å². The highest BCUT2D eigenvalue weighted by molar-refractivity contribution is 5.61. The summed E-state index contributed by atoms with van der Waals surface area (Å²) in [6, 6.07) is 1.95. The van der Waals surface area contributed by atoms with Gasteiger partial charge in [-0.2, -0.15) is 0 Å². The third kappa shape index (κ3) is 1.81. The van der Waals surface area contributed by atoms with Crippen LogP contribution < -0.4 is 0 Å². The van der Waals surface area contributed by atoms with Crippen LogP contribution in [0.25, 0.3) is 0 Å². The van der Waals surface area contributed by atoms with Gasteiger partial charge in [-0.05, 0) is 35.8 Å². The van der Waals surface area contributed by atoms with E-state index in [1.54, 1.807) is 0 Å². The number of hydrogen-bond acceptors (Lipinski definition) is 4. The maximum Gasteiger partial charge on any atom is 0.162 e. The van der Waals surface area contributed by atoms with Gasteiger partial charge in [0.1, 0.15) is 6.10 Å². The monoisotopic (exact) mass is 332 g/mol. The molecular weight excluding hydrogens is 304 g/mol. The number of ether oxygens (including phenoxy) is 1. The average molecular weight is 332 g/mol. The number of phenols is 2. The summed E-state index contributed by atoms with van der Waals surface area (Å²) < 4.78 is 6.06. The van der Waals surface area contributed by atoms with Gasteiger partial charge >= 0.3 is 0 Å². The van der Waals surface area contributed by atoms with Crippen LogP contribution in [0, 0.1) is 11.3 Å². The molecule has 1 saturated heterocycles. The molecule has 2 aliphatic heterocycles. The van der Waals surface area contributed by atoms with Crippen LogP contribution >= 0.6 is 0 Å². The van der Waals surface area contributed by atoms with Crippen molar-refractivity contribution in [3.8, 4) is 11.5 Å². The van der Waals surface area contributed by atoms with E-state index < -0.39 is 17.6 Å². The van der Waals surface area contributed by atoms with E-state index in [1.165, 1.54) is 0 Å². The molecule has 1 aromatic carbocycles. The first kappa shape index (κ1) is 16.2. The highest BCUT2D eigenvalue weighted by atomic mass is 16.5. The van der Waals surface area contributed by atoms with Gasteiger partial charge in [0.15, 0.2) is 11.5 Å². The van der Waals surface area contributed by atoms with Gasteiger partial charge in [-0.3, -0.25) is 0 Å². The predicted octanol–water partition coefficient (Wildman–Crippen LogP) is 3.73. The molecule has 4 nitrogen and oxygen atoms in total. The summed E-state index contributed by atoms with van der Waals surface area (Å²) in [6.07, 6.45) is 2.01. The summed E-state index contributed by atoms with van der Waals surface area (Å²) in [5.41, 5.74) is 2.02. The zero-order valence-electron chi connectivity index (χ0n) is 15.0. The first-order valence-electron chi connectivity index (χ1n) is 9.09. The standard InChI is InChI=1S/C20H28O4/c1-10(2)11-8-12-13(15(22)14(11)21)20-7-5-6-19(3,4)18(20)16(23)17(12)24-9-20/h8,10,16-18,21-23H,5-7,9H2,1-4H3. The molecule has 0 radical (unpaired) electrons. The molecule has 2 bridgehead atoms. The van der Waals surface area contributed by atoms with Crippen molar-refractivity contribution in [2.24, 2.45) is 11.3 Å². The van der Waals surface area contributed by atoms with Crippen molar-refractivity contribution in [3.63, 3.8) is 0 Å². The van der Waals surface area contributed by atoms with E-state index in [2.05, 4.69) is 13.8 Å². The molecule has 1 aromatic rings. The summed E-state index contributed by atoms with van der Waals surface area (Å²) >= 11 is 0. The highest BCUT2D eigenvalue weighted by Crippen LogP contribution is 2.65. The Balaban J connectivity index is 2.01. The molecule has 24 heavy (non-hydrogen) atoms. The second-order valence-electron chi connectivity index (χ2n) is 8.98. The van der Waals surface area contributed by atoms with Crippen molar-refractivity contribution < 1.29 is 20.1 Å². The molecule has 4 aliphatic rings. The number of phenolic OH excluding ortho intramolecular Hbond substituents is 2. The van der Waals surface area contributed by atoms with Crippen molar-refractivity contribution in [1.82, 2.24) is 0 Å². The number of hydrogen-bond donors (Lipinski definition) is 3. The summed E-state index contributed by atoms with van der Waals surface area (Å²) in [5.74, 6) is 0.150. The Labute approximate surface area is 143 Å². The van der Waals surface area contributed by atoms with Crippen molar-refractivity contribution in [2.45, 2.75) is 70.5 Å². The van der Waals surface area contributed by atoms with Crippen molar-refractivity contribution >= 4 is 0 Å². The Morgan fingerprint density at radius 1 is 1.17 bits per heavy atom. The van der Waals surface area contributed by atoms with Gasteiger partial charge in [-0.1, -0.05) is 34.1 Å². The molecule has 0 aromatic heterocycles. The van der Waals surface area contributed by atoms with Gasteiger partial charge in [-0.15, -0.1) is 0 Å². The maximum absolute atomic E-state index is 11.1. The summed E-state index contributed by atoms with van der Waals surface area (Å²) in [6.45, 7) is 8.92. The number of aliphatic hydroxyl groups is 1. The van der Waals surface area contributed by atoms with Crippen LogP contribution in [0.15, 0.2) is 6.07 Å². The topological polar surface area (TPSA) is 69.9 Å². The van der Waals surface area contributed by atoms with Crippen LogP contribution in [0.1, 0.15) is 75.7 Å². The summed E-state index contributed by atoms with van der Waals surface area (Å²) in [4.78, 5) is 0. The lowest BCUT2D eigenvalue weighted by Crippen LogP contribution is -2.63. The molecule has 1 saturated carbocycles. The smallest absolute Gasteiger partial charge is 0.162 e. The van der Waals surface area contributed by atoms with E-state index in [0.29, 0.717) is 6.61 Å². The highest BCUT2D eigenvalue weighted by Gasteiger charge is 2.63. The third-order valence-electron chi connectivity index (χ3n) is 6.81. The average Bonchev–Trinajstić information content (AvgIpc) is 2.49. The molecule has 0 amide bonds. The Morgan fingerprint density at radius 2 is 1.88 bits per heavy atom. The molecule has 2 aliphatic carbocycles. The zero-order chi connectivity index (χ0) is 17.4. The molecule has 4 heteroatoms. The number of aliphatic hydroxyl groups excluding tert-OH is 1. The fourth-order valence-corrected chi connectivity index (χ4v) is 5.90. The number of rotatable bonds is 1. The molecule has 4 atom stereocenters. The minimum absolute atomic E-state index is 0.00212. The predicted molar refractivity (Wildman–Crippen MR) is 91.4 cm³/mol. The molecule has 2 heterocycles. The van der Waals surface area contributed by atoms with Crippen LogP contribution in [-0.4, -0.2) is 28.0 Å². The molecule has 5 rings (SSSR count). The molecule has 1 spiro atoms. The second-order valence-corrected chi connectivity index (χ2v) is 8.98. The van der Waals surface area contributed by atoms with Crippen LogP contribution in [0.2, 0.25) is 0 Å². The van der Waals surface area contributed by atoms with Gasteiger partial charge < -0.3 is 20.1 Å². The number of fused-ring (bicyclic) bond motifs is 1. The van der Waals surface area contributed by atoms with Crippen LogP contribution in [0.5, 0.6) is 11.5 Å². The molecular formula is C20H28O4. The van der Waals surface area contributed by atoms with E-state index in [0.717, 1.165) is 36.0 Å². The zero-order valence-corrected chi connectivity index (χ0v) is 15.0. The Bertz CT molecular complexity index is 693. The fourth-order valence-electron chi connectivity index (χ4n) is 5.90. The lowest BCUT2D eigenvalue weighted by Gasteiger charge is -2.62. The maximum atomic E-state index is 11.1. The first-order valence-corrected chi connectivity index (χ1v) is 9.09. The SMILES string of the molecule is CC(C)c1cc2c(c(O)c1O)C13CCCC(C)(C)C1C(O)C2OC3. The number of aromatic hydroxyl groups is 2. The Morgan fingerprint density at radius 3 is 2.54 bits per heavy atom. The lowest BCUT2D eigenvalue weighted by atomic mass is 9.47. The summed E-state index contributed by atoms with van der Waals surface area (Å²) in [7, 11) is 0. The third-order valence-corrected chi connectivity index (χ3v) is 6.81. The molecule has 132 valence electrons. The van der Waals surface area contributed by atoms with Gasteiger partial charge in [0.25, 0.3) is 0 Å². The second kappa shape index (κ2) is 4.89. The van der Waals surface area contributed by atoms with E-state index in [4.69, 9.17) is 4.74 Å². The fraction of sp³-hybridized carbons (Fsp3) is 0.700. The van der Waals surface area contributed by atoms with E-state index in [-0.39, 0.29) is 28.7 Å². The van der Waals surface area contributed by atoms with E-state index >= 15 is 0 Å². The van der Waals surface area contributed by atoms with E-state index in [9.17, 15) is 15.3 Å². The van der Waals surface area contributed by atoms with Crippen LogP contribution in [-0.2, 0) is 10.2 Å². The molecule has 3 N–H and O–H groups in total. The quantitative estimate of drug-likeness (QED) is 0.685. The van der Waals surface area contributed by atoms with Crippen molar-refractivity contribution in [3.05, 3.63) is 22.8 Å². The van der Waals surface area contributed by atoms with Crippen molar-refractivity contribution in [1.29, 1.82) is 0 Å². The van der Waals surface area contributed by atoms with E-state index in [1.807, 2.05) is 19.9 Å². The van der Waals surface area contributed by atoms with Gasteiger partial charge in [-0.25, -0.2) is 0 Å².